The van der Waals surface area contributed by atoms with Crippen LogP contribution >= 0.6 is 0 Å². The number of amides is 2. The first-order valence-electron chi connectivity index (χ1n) is 9.06. The van der Waals surface area contributed by atoms with Gasteiger partial charge in [-0.25, -0.2) is 9.59 Å². The van der Waals surface area contributed by atoms with Crippen LogP contribution in [-0.4, -0.2) is 18.0 Å². The van der Waals surface area contributed by atoms with Crippen molar-refractivity contribution in [3.8, 4) is 0 Å². The molecule has 0 spiro atoms. The minimum atomic E-state index is -4.74. The molecule has 3 rings (SSSR count). The highest BCUT2D eigenvalue weighted by Gasteiger charge is 2.33. The number of rotatable bonds is 5. The number of ether oxygens (including phenoxy) is 1. The van der Waals surface area contributed by atoms with Gasteiger partial charge in [0.25, 0.3) is 0 Å². The van der Waals surface area contributed by atoms with Crippen molar-refractivity contribution in [3.05, 3.63) is 76.1 Å². The molecule has 10 heteroatoms. The van der Waals surface area contributed by atoms with E-state index in [1.165, 1.54) is 13.0 Å². The van der Waals surface area contributed by atoms with E-state index in [-0.39, 0.29) is 23.3 Å². The molecule has 1 atom stereocenters. The molecular formula is C21H17F3N2O5. The van der Waals surface area contributed by atoms with E-state index in [2.05, 4.69) is 10.6 Å². The first kappa shape index (κ1) is 21.9. The van der Waals surface area contributed by atoms with Crippen molar-refractivity contribution in [2.75, 3.05) is 5.32 Å². The summed E-state index contributed by atoms with van der Waals surface area (Å²) in [6.07, 6.45) is -5.55. The normalized spacial score (nSPS) is 12.3. The van der Waals surface area contributed by atoms with E-state index in [9.17, 15) is 27.6 Å². The zero-order chi connectivity index (χ0) is 22.6. The minimum Gasteiger partial charge on any atom is -0.445 e. The topological polar surface area (TPSA) is 97.6 Å². The smallest absolute Gasteiger partial charge is 0.417 e. The molecule has 0 saturated heterocycles. The third kappa shape index (κ3) is 5.62. The number of carbonyl (C=O) groups excluding carboxylic acids is 2. The number of hydrogen-bond donors (Lipinski definition) is 2. The van der Waals surface area contributed by atoms with Crippen LogP contribution in [0, 0.1) is 0 Å². The molecule has 0 saturated carbocycles. The number of alkyl halides is 3. The number of anilines is 1. The third-order valence-corrected chi connectivity index (χ3v) is 4.26. The van der Waals surface area contributed by atoms with Crippen molar-refractivity contribution in [3.63, 3.8) is 0 Å². The Labute approximate surface area is 173 Å². The van der Waals surface area contributed by atoms with Crippen LogP contribution in [0.1, 0.15) is 18.1 Å². The lowest BCUT2D eigenvalue weighted by atomic mass is 10.1. The van der Waals surface area contributed by atoms with Gasteiger partial charge in [0.2, 0.25) is 5.91 Å². The molecule has 2 aromatic carbocycles. The van der Waals surface area contributed by atoms with Gasteiger partial charge in [0.1, 0.15) is 18.2 Å². The Kier molecular flexibility index (Phi) is 6.28. The largest absolute Gasteiger partial charge is 0.445 e. The molecule has 0 fully saturated rings. The average molecular weight is 434 g/mol. The molecule has 0 aliphatic rings. The molecule has 0 bridgehead atoms. The van der Waals surface area contributed by atoms with Crippen LogP contribution in [0.5, 0.6) is 0 Å². The fraction of sp³-hybridized carbons (Fsp3) is 0.190. The number of hydrogen-bond acceptors (Lipinski definition) is 5. The van der Waals surface area contributed by atoms with E-state index in [0.29, 0.717) is 6.07 Å². The molecule has 0 aliphatic carbocycles. The zero-order valence-electron chi connectivity index (χ0n) is 16.2. The molecule has 162 valence electrons. The summed E-state index contributed by atoms with van der Waals surface area (Å²) in [6.45, 7) is 1.42. The third-order valence-electron chi connectivity index (χ3n) is 4.26. The SMILES string of the molecule is C[C@H](NC(=O)OCc1ccccc1)C(=O)Nc1ccc2c(C(F)(F)F)cc(=O)oc2c1. The van der Waals surface area contributed by atoms with Crippen LogP contribution in [0.4, 0.5) is 23.7 Å². The van der Waals surface area contributed by atoms with E-state index in [0.717, 1.165) is 17.7 Å². The fourth-order valence-corrected chi connectivity index (χ4v) is 2.73. The maximum Gasteiger partial charge on any atom is 0.417 e. The minimum absolute atomic E-state index is 0.0201. The maximum atomic E-state index is 13.1. The van der Waals surface area contributed by atoms with Gasteiger partial charge in [0, 0.05) is 23.2 Å². The second kappa shape index (κ2) is 8.90. The van der Waals surface area contributed by atoms with Crippen molar-refractivity contribution < 1.29 is 31.9 Å². The summed E-state index contributed by atoms with van der Waals surface area (Å²) in [7, 11) is 0. The number of carbonyl (C=O) groups is 2. The lowest BCUT2D eigenvalue weighted by Gasteiger charge is -2.15. The summed E-state index contributed by atoms with van der Waals surface area (Å²) in [4.78, 5) is 35.6. The Bertz CT molecular complexity index is 1160. The summed E-state index contributed by atoms with van der Waals surface area (Å²) in [5.74, 6) is -0.648. The summed E-state index contributed by atoms with van der Waals surface area (Å²) < 4.78 is 49.2. The molecule has 0 unspecified atom stereocenters. The van der Waals surface area contributed by atoms with Crippen LogP contribution < -0.4 is 16.3 Å². The van der Waals surface area contributed by atoms with Crippen molar-refractivity contribution >= 4 is 28.7 Å². The molecule has 1 aromatic heterocycles. The van der Waals surface area contributed by atoms with Gasteiger partial charge in [0.15, 0.2) is 0 Å². The van der Waals surface area contributed by atoms with E-state index >= 15 is 0 Å². The van der Waals surface area contributed by atoms with Gasteiger partial charge < -0.3 is 19.8 Å². The van der Waals surface area contributed by atoms with Crippen LogP contribution in [0.2, 0.25) is 0 Å². The predicted octanol–water partition coefficient (Wildman–Crippen LogP) is 4.07. The Morgan fingerprint density at radius 2 is 1.81 bits per heavy atom. The van der Waals surface area contributed by atoms with Gasteiger partial charge in [-0.3, -0.25) is 4.79 Å². The predicted molar refractivity (Wildman–Crippen MR) is 105 cm³/mol. The first-order valence-corrected chi connectivity index (χ1v) is 9.06. The van der Waals surface area contributed by atoms with Crippen LogP contribution in [0.3, 0.4) is 0 Å². The average Bonchev–Trinajstić information content (AvgIpc) is 2.71. The maximum absolute atomic E-state index is 13.1. The standard InChI is InChI=1S/C21H17F3N2O5/c1-12(25-20(29)30-11-13-5-3-2-4-6-13)19(28)26-14-7-8-15-16(21(22,23)24)10-18(27)31-17(15)9-14/h2-10,12H,11H2,1H3,(H,25,29)(H,26,28)/t12-/m0/s1. The first-order chi connectivity index (χ1) is 14.6. The van der Waals surface area contributed by atoms with E-state index in [1.807, 2.05) is 6.07 Å². The molecular weight excluding hydrogens is 417 g/mol. The van der Waals surface area contributed by atoms with Crippen LogP contribution in [-0.2, 0) is 22.3 Å². The molecule has 3 aromatic rings. The Hall–Kier alpha value is -3.82. The summed E-state index contributed by atoms with van der Waals surface area (Å²) >= 11 is 0. The Morgan fingerprint density at radius 1 is 1.10 bits per heavy atom. The number of alkyl carbamates (subject to hydrolysis) is 1. The van der Waals surface area contributed by atoms with Gasteiger partial charge in [-0.05, 0) is 24.6 Å². The summed E-state index contributed by atoms with van der Waals surface area (Å²) in [5.41, 5.74) is -1.77. The molecule has 1 heterocycles. The highest BCUT2D eigenvalue weighted by molar-refractivity contribution is 5.97. The fourth-order valence-electron chi connectivity index (χ4n) is 2.73. The Morgan fingerprint density at radius 3 is 2.48 bits per heavy atom. The van der Waals surface area contributed by atoms with E-state index in [1.54, 1.807) is 24.3 Å². The van der Waals surface area contributed by atoms with Crippen LogP contribution in [0.25, 0.3) is 11.0 Å². The quantitative estimate of drug-likeness (QED) is 0.590. The second-order valence-electron chi connectivity index (χ2n) is 6.60. The van der Waals surface area contributed by atoms with E-state index < -0.39 is 35.4 Å². The molecule has 0 radical (unpaired) electrons. The second-order valence-corrected chi connectivity index (χ2v) is 6.60. The highest BCUT2D eigenvalue weighted by atomic mass is 19.4. The lowest BCUT2D eigenvalue weighted by molar-refractivity contribution is -0.136. The van der Waals surface area contributed by atoms with Crippen LogP contribution in [0.15, 0.2) is 63.8 Å². The Balaban J connectivity index is 1.65. The van der Waals surface area contributed by atoms with Crippen molar-refractivity contribution in [2.45, 2.75) is 25.7 Å². The van der Waals surface area contributed by atoms with Gasteiger partial charge in [-0.1, -0.05) is 30.3 Å². The number of benzene rings is 2. The zero-order valence-corrected chi connectivity index (χ0v) is 16.2. The number of nitrogens with one attached hydrogen (secondary N) is 2. The van der Waals surface area contributed by atoms with E-state index in [4.69, 9.17) is 9.15 Å². The molecule has 31 heavy (non-hydrogen) atoms. The van der Waals surface area contributed by atoms with Crippen molar-refractivity contribution in [1.82, 2.24) is 5.32 Å². The lowest BCUT2D eigenvalue weighted by Crippen LogP contribution is -2.41. The van der Waals surface area contributed by atoms with Crippen molar-refractivity contribution in [2.24, 2.45) is 0 Å². The monoisotopic (exact) mass is 434 g/mol. The number of fused-ring (bicyclic) bond motifs is 1. The number of halogens is 3. The molecule has 0 aliphatic heterocycles. The molecule has 2 amide bonds. The summed E-state index contributed by atoms with van der Waals surface area (Å²) in [5, 5.41) is 4.47. The van der Waals surface area contributed by atoms with Gasteiger partial charge in [-0.2, -0.15) is 13.2 Å². The molecule has 2 N–H and O–H groups in total. The highest BCUT2D eigenvalue weighted by Crippen LogP contribution is 2.34. The van der Waals surface area contributed by atoms with Gasteiger partial charge >= 0.3 is 17.9 Å². The molecule has 7 nitrogen and oxygen atoms in total. The van der Waals surface area contributed by atoms with Gasteiger partial charge in [-0.15, -0.1) is 0 Å². The summed E-state index contributed by atoms with van der Waals surface area (Å²) in [6, 6.07) is 11.7. The van der Waals surface area contributed by atoms with Gasteiger partial charge in [0.05, 0.1) is 5.56 Å². The van der Waals surface area contributed by atoms with Crippen molar-refractivity contribution in [1.29, 1.82) is 0 Å².